The van der Waals surface area contributed by atoms with E-state index in [-0.39, 0.29) is 12.2 Å². The predicted molar refractivity (Wildman–Crippen MR) is 116 cm³/mol. The summed E-state index contributed by atoms with van der Waals surface area (Å²) in [5, 5.41) is 0. The van der Waals surface area contributed by atoms with Crippen molar-refractivity contribution in [2.75, 3.05) is 11.9 Å². The highest BCUT2D eigenvalue weighted by atomic mass is 19.4. The van der Waals surface area contributed by atoms with Crippen LogP contribution in [0.3, 0.4) is 0 Å². The number of urea groups is 1. The number of alkyl halides is 3. The van der Waals surface area contributed by atoms with Crippen molar-refractivity contribution in [1.82, 2.24) is 24.8 Å². The van der Waals surface area contributed by atoms with Crippen LogP contribution in [0, 0.1) is 6.92 Å². The predicted octanol–water partition coefficient (Wildman–Crippen LogP) is 5.12. The minimum Gasteiger partial charge on any atom is -0.323 e. The van der Waals surface area contributed by atoms with Gasteiger partial charge < -0.3 is 4.90 Å². The standard InChI is InChI=1S/C23H17F3N6O/c1-13-27-9-14(10-28-13)18-6-7-19-20(30-18)21-15(11-29-19)12-31(2)22(33)32(21)17-5-3-4-16(8-17)23(24,25)26/h3-11H,12H2,1-2H3. The number of aromatic nitrogens is 4. The summed E-state index contributed by atoms with van der Waals surface area (Å²) in [5.74, 6) is 0.614. The summed E-state index contributed by atoms with van der Waals surface area (Å²) in [4.78, 5) is 33.4. The first-order valence-electron chi connectivity index (χ1n) is 10.0. The summed E-state index contributed by atoms with van der Waals surface area (Å²) in [6.45, 7) is 2.03. The van der Waals surface area contributed by atoms with Gasteiger partial charge in [-0.3, -0.25) is 9.88 Å². The summed E-state index contributed by atoms with van der Waals surface area (Å²) >= 11 is 0. The first-order valence-corrected chi connectivity index (χ1v) is 10.0. The van der Waals surface area contributed by atoms with Crippen LogP contribution in [0.4, 0.5) is 29.3 Å². The van der Waals surface area contributed by atoms with Crippen LogP contribution >= 0.6 is 0 Å². The van der Waals surface area contributed by atoms with Crippen molar-refractivity contribution in [3.63, 3.8) is 0 Å². The molecule has 0 bridgehead atoms. The minimum absolute atomic E-state index is 0.0981. The molecular formula is C23H17F3N6O. The van der Waals surface area contributed by atoms with Crippen LogP contribution < -0.4 is 4.90 Å². The summed E-state index contributed by atoms with van der Waals surface area (Å²) in [6, 6.07) is 7.75. The van der Waals surface area contributed by atoms with Crippen molar-refractivity contribution in [1.29, 1.82) is 0 Å². The lowest BCUT2D eigenvalue weighted by Gasteiger charge is -2.35. The maximum absolute atomic E-state index is 13.4. The molecule has 166 valence electrons. The molecule has 33 heavy (non-hydrogen) atoms. The number of hydrogen-bond acceptors (Lipinski definition) is 5. The molecule has 4 heterocycles. The number of pyridine rings is 2. The maximum atomic E-state index is 13.4. The molecule has 0 saturated carbocycles. The number of hydrogen-bond donors (Lipinski definition) is 0. The molecule has 0 atom stereocenters. The molecule has 0 radical (unpaired) electrons. The van der Waals surface area contributed by atoms with Gasteiger partial charge in [0.25, 0.3) is 0 Å². The van der Waals surface area contributed by atoms with E-state index in [1.165, 1.54) is 21.9 Å². The molecule has 0 spiro atoms. The number of halogens is 3. The zero-order valence-electron chi connectivity index (χ0n) is 17.6. The zero-order chi connectivity index (χ0) is 23.3. The van der Waals surface area contributed by atoms with Gasteiger partial charge in [0.1, 0.15) is 11.3 Å². The zero-order valence-corrected chi connectivity index (χ0v) is 17.6. The number of carbonyl (C=O) groups is 1. The molecule has 2 amide bonds. The third kappa shape index (κ3) is 3.63. The average Bonchev–Trinajstić information content (AvgIpc) is 2.79. The van der Waals surface area contributed by atoms with E-state index in [0.717, 1.165) is 12.1 Å². The van der Waals surface area contributed by atoms with Crippen LogP contribution in [0.15, 0.2) is 55.0 Å². The van der Waals surface area contributed by atoms with Gasteiger partial charge in [0.2, 0.25) is 0 Å². The molecular weight excluding hydrogens is 433 g/mol. The highest BCUT2D eigenvalue weighted by molar-refractivity contribution is 6.08. The van der Waals surface area contributed by atoms with Crippen molar-refractivity contribution in [3.05, 3.63) is 71.9 Å². The van der Waals surface area contributed by atoms with Crippen LogP contribution in [0.25, 0.3) is 22.3 Å². The molecule has 0 saturated heterocycles. The minimum atomic E-state index is -4.54. The van der Waals surface area contributed by atoms with Gasteiger partial charge in [0.15, 0.2) is 0 Å². The molecule has 1 aliphatic rings. The van der Waals surface area contributed by atoms with Crippen molar-refractivity contribution in [3.8, 4) is 11.3 Å². The van der Waals surface area contributed by atoms with Crippen molar-refractivity contribution in [2.24, 2.45) is 0 Å². The van der Waals surface area contributed by atoms with E-state index in [2.05, 4.69) is 15.0 Å². The number of fused-ring (bicyclic) bond motifs is 3. The smallest absolute Gasteiger partial charge is 0.323 e. The first kappa shape index (κ1) is 20.8. The van der Waals surface area contributed by atoms with Crippen LogP contribution in [-0.4, -0.2) is 37.9 Å². The lowest BCUT2D eigenvalue weighted by molar-refractivity contribution is -0.137. The first-order chi connectivity index (χ1) is 15.7. The number of nitrogens with zero attached hydrogens (tertiary/aromatic N) is 6. The monoisotopic (exact) mass is 450 g/mol. The number of carbonyl (C=O) groups excluding carboxylic acids is 1. The van der Waals surface area contributed by atoms with Gasteiger partial charge in [-0.05, 0) is 37.3 Å². The molecule has 0 unspecified atom stereocenters. The molecule has 0 N–H and O–H groups in total. The van der Waals surface area contributed by atoms with Crippen LogP contribution in [0.1, 0.15) is 17.0 Å². The second kappa shape index (κ2) is 7.51. The Balaban J connectivity index is 1.74. The molecule has 7 nitrogen and oxygen atoms in total. The Kier molecular flexibility index (Phi) is 4.73. The van der Waals surface area contributed by atoms with Crippen LogP contribution in [-0.2, 0) is 12.7 Å². The molecule has 10 heteroatoms. The normalized spacial score (nSPS) is 14.0. The van der Waals surface area contributed by atoms with E-state index < -0.39 is 17.8 Å². The van der Waals surface area contributed by atoms with Crippen molar-refractivity contribution >= 4 is 28.4 Å². The topological polar surface area (TPSA) is 75.1 Å². The molecule has 0 fully saturated rings. The van der Waals surface area contributed by atoms with Gasteiger partial charge in [0, 0.05) is 36.8 Å². The Labute approximate surface area is 186 Å². The Hall–Kier alpha value is -4.08. The third-order valence-electron chi connectivity index (χ3n) is 5.42. The average molecular weight is 450 g/mol. The second-order valence-electron chi connectivity index (χ2n) is 7.74. The fourth-order valence-electron chi connectivity index (χ4n) is 3.79. The Morgan fingerprint density at radius 3 is 2.48 bits per heavy atom. The van der Waals surface area contributed by atoms with E-state index in [9.17, 15) is 18.0 Å². The van der Waals surface area contributed by atoms with E-state index in [1.807, 2.05) is 0 Å². The Bertz CT molecular complexity index is 1390. The van der Waals surface area contributed by atoms with Gasteiger partial charge in [-0.1, -0.05) is 6.07 Å². The number of rotatable bonds is 2. The molecule has 4 aromatic rings. The quantitative estimate of drug-likeness (QED) is 0.424. The summed E-state index contributed by atoms with van der Waals surface area (Å²) < 4.78 is 40.1. The van der Waals surface area contributed by atoms with E-state index in [1.54, 1.807) is 44.7 Å². The molecule has 1 aromatic carbocycles. The summed E-state index contributed by atoms with van der Waals surface area (Å²) in [5.41, 5.74) is 2.50. The molecule has 3 aromatic heterocycles. The van der Waals surface area contributed by atoms with Gasteiger partial charge >= 0.3 is 12.2 Å². The van der Waals surface area contributed by atoms with Gasteiger partial charge in [0.05, 0.1) is 34.7 Å². The third-order valence-corrected chi connectivity index (χ3v) is 5.42. The number of aryl methyl sites for hydroxylation is 1. The molecule has 1 aliphatic heterocycles. The summed E-state index contributed by atoms with van der Waals surface area (Å²) in [6.07, 6.45) is 0.365. The largest absolute Gasteiger partial charge is 0.416 e. The number of anilines is 2. The Morgan fingerprint density at radius 1 is 1.00 bits per heavy atom. The fraction of sp³-hybridized carbons (Fsp3) is 0.174. The molecule has 0 aliphatic carbocycles. The highest BCUT2D eigenvalue weighted by Crippen LogP contribution is 2.40. The fourth-order valence-corrected chi connectivity index (χ4v) is 3.79. The lowest BCUT2D eigenvalue weighted by atomic mass is 10.1. The number of amides is 2. The second-order valence-corrected chi connectivity index (χ2v) is 7.74. The highest BCUT2D eigenvalue weighted by Gasteiger charge is 2.35. The van der Waals surface area contributed by atoms with E-state index in [4.69, 9.17) is 4.98 Å². The number of benzene rings is 1. The lowest BCUT2D eigenvalue weighted by Crippen LogP contribution is -2.42. The van der Waals surface area contributed by atoms with Gasteiger partial charge in [-0.25, -0.2) is 19.7 Å². The van der Waals surface area contributed by atoms with Gasteiger partial charge in [-0.2, -0.15) is 13.2 Å². The van der Waals surface area contributed by atoms with Crippen LogP contribution in [0.2, 0.25) is 0 Å². The van der Waals surface area contributed by atoms with Crippen molar-refractivity contribution < 1.29 is 18.0 Å². The Morgan fingerprint density at radius 2 is 1.76 bits per heavy atom. The maximum Gasteiger partial charge on any atom is 0.416 e. The van der Waals surface area contributed by atoms with E-state index in [0.29, 0.717) is 39.4 Å². The van der Waals surface area contributed by atoms with E-state index >= 15 is 0 Å². The SMILES string of the molecule is Cc1ncc(-c2ccc3ncc4c(c3n2)N(c2cccc(C(F)(F)F)c2)C(=O)N(C)C4)cn1. The van der Waals surface area contributed by atoms with Gasteiger partial charge in [-0.15, -0.1) is 0 Å². The molecule has 5 rings (SSSR count). The van der Waals surface area contributed by atoms with Crippen LogP contribution in [0.5, 0.6) is 0 Å². The summed E-state index contributed by atoms with van der Waals surface area (Å²) in [7, 11) is 1.59. The van der Waals surface area contributed by atoms with Crippen molar-refractivity contribution in [2.45, 2.75) is 19.6 Å².